The van der Waals surface area contributed by atoms with Crippen molar-refractivity contribution < 1.29 is 9.53 Å². The second-order valence-electron chi connectivity index (χ2n) is 5.15. The lowest BCUT2D eigenvalue weighted by molar-refractivity contribution is -0.00285. The van der Waals surface area contributed by atoms with E-state index in [-0.39, 0.29) is 11.9 Å². The third kappa shape index (κ3) is 3.38. The molecule has 1 unspecified atom stereocenters. The summed E-state index contributed by atoms with van der Waals surface area (Å²) in [7, 11) is 1.93. The molecule has 1 aromatic rings. The second kappa shape index (κ2) is 7.41. The number of likely N-dealkylation sites (N-methyl/N-ethyl adjacent to an activating group) is 1. The zero-order valence-corrected chi connectivity index (χ0v) is 12.4. The summed E-state index contributed by atoms with van der Waals surface area (Å²) in [5, 5.41) is 3.14. The molecule has 20 heavy (non-hydrogen) atoms. The Balaban J connectivity index is 2.19. The SMILES string of the molecule is CCC1COCCN1C(=O)c1ccccc1CCNC. The molecule has 2 rings (SSSR count). The van der Waals surface area contributed by atoms with E-state index in [0.29, 0.717) is 19.8 Å². The van der Waals surface area contributed by atoms with Crippen molar-refractivity contribution in [1.82, 2.24) is 10.2 Å². The Kier molecular flexibility index (Phi) is 5.56. The zero-order chi connectivity index (χ0) is 14.4. The smallest absolute Gasteiger partial charge is 0.254 e. The van der Waals surface area contributed by atoms with Crippen LogP contribution in [0, 0.1) is 0 Å². The highest BCUT2D eigenvalue weighted by Gasteiger charge is 2.27. The van der Waals surface area contributed by atoms with Crippen molar-refractivity contribution in [2.75, 3.05) is 33.4 Å². The minimum Gasteiger partial charge on any atom is -0.377 e. The molecule has 0 saturated carbocycles. The van der Waals surface area contributed by atoms with Gasteiger partial charge in [0.05, 0.1) is 19.3 Å². The summed E-state index contributed by atoms with van der Waals surface area (Å²) in [5.41, 5.74) is 1.95. The highest BCUT2D eigenvalue weighted by Crippen LogP contribution is 2.18. The lowest BCUT2D eigenvalue weighted by Crippen LogP contribution is -2.48. The number of nitrogens with zero attached hydrogens (tertiary/aromatic N) is 1. The molecule has 1 aromatic carbocycles. The van der Waals surface area contributed by atoms with Crippen LogP contribution in [-0.2, 0) is 11.2 Å². The average molecular weight is 276 g/mol. The summed E-state index contributed by atoms with van der Waals surface area (Å²) in [6.45, 7) is 4.97. The molecule has 4 heteroatoms. The van der Waals surface area contributed by atoms with E-state index in [1.54, 1.807) is 0 Å². The summed E-state index contributed by atoms with van der Waals surface area (Å²) in [6.07, 6.45) is 1.81. The predicted octanol–water partition coefficient (Wildman–Crippen LogP) is 1.70. The number of hydrogen-bond acceptors (Lipinski definition) is 3. The summed E-state index contributed by atoms with van der Waals surface area (Å²) in [4.78, 5) is 14.8. The summed E-state index contributed by atoms with van der Waals surface area (Å²) in [6, 6.07) is 8.13. The molecule has 0 spiro atoms. The average Bonchev–Trinajstić information content (AvgIpc) is 2.52. The van der Waals surface area contributed by atoms with E-state index in [4.69, 9.17) is 4.74 Å². The van der Waals surface area contributed by atoms with Crippen LogP contribution < -0.4 is 5.32 Å². The Morgan fingerprint density at radius 2 is 2.25 bits per heavy atom. The summed E-state index contributed by atoms with van der Waals surface area (Å²) in [5.74, 6) is 0.145. The first kappa shape index (κ1) is 15.0. The van der Waals surface area contributed by atoms with Gasteiger partial charge in [0.25, 0.3) is 5.91 Å². The molecule has 0 aromatic heterocycles. The van der Waals surface area contributed by atoms with Gasteiger partial charge in [0.2, 0.25) is 0 Å². The number of carbonyl (C=O) groups excluding carboxylic acids is 1. The van der Waals surface area contributed by atoms with Crippen molar-refractivity contribution in [1.29, 1.82) is 0 Å². The molecule has 0 aliphatic carbocycles. The van der Waals surface area contributed by atoms with Crippen molar-refractivity contribution in [2.24, 2.45) is 0 Å². The Morgan fingerprint density at radius 3 is 3.00 bits per heavy atom. The van der Waals surface area contributed by atoms with Crippen LogP contribution in [0.25, 0.3) is 0 Å². The number of benzene rings is 1. The van der Waals surface area contributed by atoms with Gasteiger partial charge in [-0.3, -0.25) is 4.79 Å². The standard InChI is InChI=1S/C16H24N2O2/c1-3-14-12-20-11-10-18(14)16(19)15-7-5-4-6-13(15)8-9-17-2/h4-7,14,17H,3,8-12H2,1-2H3. The van der Waals surface area contributed by atoms with Gasteiger partial charge >= 0.3 is 0 Å². The van der Waals surface area contributed by atoms with Gasteiger partial charge in [0.1, 0.15) is 0 Å². The number of hydrogen-bond donors (Lipinski definition) is 1. The van der Waals surface area contributed by atoms with Gasteiger partial charge in [0, 0.05) is 12.1 Å². The van der Waals surface area contributed by atoms with Crippen LogP contribution >= 0.6 is 0 Å². The van der Waals surface area contributed by atoms with E-state index in [2.05, 4.69) is 12.2 Å². The number of morpholine rings is 1. The highest BCUT2D eigenvalue weighted by molar-refractivity contribution is 5.96. The molecule has 1 atom stereocenters. The monoisotopic (exact) mass is 276 g/mol. The third-order valence-corrected chi connectivity index (χ3v) is 3.85. The van der Waals surface area contributed by atoms with Gasteiger partial charge in [-0.15, -0.1) is 0 Å². The molecule has 1 fully saturated rings. The molecular weight excluding hydrogens is 252 g/mol. The molecule has 1 aliphatic rings. The first-order valence-corrected chi connectivity index (χ1v) is 7.39. The maximum Gasteiger partial charge on any atom is 0.254 e. The van der Waals surface area contributed by atoms with Crippen molar-refractivity contribution in [2.45, 2.75) is 25.8 Å². The van der Waals surface area contributed by atoms with E-state index in [9.17, 15) is 4.79 Å². The van der Waals surface area contributed by atoms with Crippen LogP contribution in [0.5, 0.6) is 0 Å². The van der Waals surface area contributed by atoms with Gasteiger partial charge in [-0.05, 0) is 38.1 Å². The van der Waals surface area contributed by atoms with Crippen LogP contribution in [0.1, 0.15) is 29.3 Å². The Hall–Kier alpha value is -1.39. The van der Waals surface area contributed by atoms with Gasteiger partial charge < -0.3 is 15.0 Å². The molecule has 1 heterocycles. The van der Waals surface area contributed by atoms with E-state index in [1.165, 1.54) is 0 Å². The topological polar surface area (TPSA) is 41.6 Å². The van der Waals surface area contributed by atoms with Gasteiger partial charge in [-0.25, -0.2) is 0 Å². The quantitative estimate of drug-likeness (QED) is 0.890. The van der Waals surface area contributed by atoms with Crippen molar-refractivity contribution in [3.63, 3.8) is 0 Å². The van der Waals surface area contributed by atoms with Crippen LogP contribution in [0.2, 0.25) is 0 Å². The van der Waals surface area contributed by atoms with Gasteiger partial charge in [0.15, 0.2) is 0 Å². The minimum atomic E-state index is 0.145. The number of nitrogens with one attached hydrogen (secondary N) is 1. The first-order valence-electron chi connectivity index (χ1n) is 7.39. The molecule has 1 saturated heterocycles. The van der Waals surface area contributed by atoms with Gasteiger partial charge in [-0.2, -0.15) is 0 Å². The second-order valence-corrected chi connectivity index (χ2v) is 5.15. The van der Waals surface area contributed by atoms with Crippen LogP contribution in [0.3, 0.4) is 0 Å². The first-order chi connectivity index (χ1) is 9.77. The van der Waals surface area contributed by atoms with Crippen LogP contribution in [0.15, 0.2) is 24.3 Å². The fourth-order valence-corrected chi connectivity index (χ4v) is 2.62. The van der Waals surface area contributed by atoms with E-state index < -0.39 is 0 Å². The molecule has 0 radical (unpaired) electrons. The van der Waals surface area contributed by atoms with Crippen molar-refractivity contribution >= 4 is 5.91 Å². The third-order valence-electron chi connectivity index (χ3n) is 3.85. The van der Waals surface area contributed by atoms with E-state index in [0.717, 1.165) is 30.5 Å². The molecule has 1 N–H and O–H groups in total. The molecule has 0 bridgehead atoms. The number of amides is 1. The number of rotatable bonds is 5. The molecule has 1 aliphatic heterocycles. The normalized spacial score (nSPS) is 19.1. The lowest BCUT2D eigenvalue weighted by atomic mass is 10.0. The predicted molar refractivity (Wildman–Crippen MR) is 80.0 cm³/mol. The maximum atomic E-state index is 12.8. The largest absolute Gasteiger partial charge is 0.377 e. The van der Waals surface area contributed by atoms with Crippen molar-refractivity contribution in [3.8, 4) is 0 Å². The Labute approximate surface area is 121 Å². The molecule has 110 valence electrons. The summed E-state index contributed by atoms with van der Waals surface area (Å²) < 4.78 is 5.48. The fourth-order valence-electron chi connectivity index (χ4n) is 2.62. The fraction of sp³-hybridized carbons (Fsp3) is 0.562. The number of carbonyl (C=O) groups is 1. The minimum absolute atomic E-state index is 0.145. The Morgan fingerprint density at radius 1 is 1.45 bits per heavy atom. The summed E-state index contributed by atoms with van der Waals surface area (Å²) >= 11 is 0. The van der Waals surface area contributed by atoms with Gasteiger partial charge in [-0.1, -0.05) is 25.1 Å². The Bertz CT molecular complexity index is 448. The molecule has 1 amide bonds. The van der Waals surface area contributed by atoms with E-state index >= 15 is 0 Å². The highest BCUT2D eigenvalue weighted by atomic mass is 16.5. The molecule has 4 nitrogen and oxygen atoms in total. The zero-order valence-electron chi connectivity index (χ0n) is 12.4. The van der Waals surface area contributed by atoms with Crippen LogP contribution in [-0.4, -0.2) is 50.2 Å². The van der Waals surface area contributed by atoms with Crippen LogP contribution in [0.4, 0.5) is 0 Å². The maximum absolute atomic E-state index is 12.8. The lowest BCUT2D eigenvalue weighted by Gasteiger charge is -2.35. The molecular formula is C16H24N2O2. The van der Waals surface area contributed by atoms with E-state index in [1.807, 2.05) is 36.2 Å². The number of ether oxygens (including phenoxy) is 1. The van der Waals surface area contributed by atoms with Crippen molar-refractivity contribution in [3.05, 3.63) is 35.4 Å².